The number of carbonyl (C=O) groups is 2. The topological polar surface area (TPSA) is 102 Å². The zero-order valence-electron chi connectivity index (χ0n) is 17.9. The molecule has 8 nitrogen and oxygen atoms in total. The van der Waals surface area contributed by atoms with Crippen LogP contribution in [-0.4, -0.2) is 38.6 Å². The maximum Gasteiger partial charge on any atom is 0.258 e. The average molecular weight is 462 g/mol. The number of hydrogen-bond donors (Lipinski definition) is 2. The van der Waals surface area contributed by atoms with E-state index in [9.17, 15) is 18.4 Å². The lowest BCUT2D eigenvalue weighted by atomic mass is 10.1. The number of carbonyl (C=O) groups excluding carboxylic acids is 2. The lowest BCUT2D eigenvalue weighted by molar-refractivity contribution is -0.122. The van der Waals surface area contributed by atoms with E-state index in [4.69, 9.17) is 0 Å². The summed E-state index contributed by atoms with van der Waals surface area (Å²) in [6.45, 7) is 0.219. The predicted octanol–water partition coefficient (Wildman–Crippen LogP) is 3.23. The van der Waals surface area contributed by atoms with Crippen LogP contribution in [0.5, 0.6) is 0 Å². The van der Waals surface area contributed by atoms with Crippen molar-refractivity contribution in [3.63, 3.8) is 0 Å². The molecule has 2 N–H and O–H groups in total. The van der Waals surface area contributed by atoms with Gasteiger partial charge in [0.2, 0.25) is 11.7 Å². The maximum atomic E-state index is 13.9. The van der Waals surface area contributed by atoms with Gasteiger partial charge >= 0.3 is 0 Å². The predicted molar refractivity (Wildman–Crippen MR) is 121 cm³/mol. The molecule has 4 rings (SSSR count). The number of rotatable bonds is 8. The van der Waals surface area contributed by atoms with Gasteiger partial charge in [0.25, 0.3) is 5.91 Å². The molecule has 0 aliphatic carbocycles. The zero-order chi connectivity index (χ0) is 23.9. The van der Waals surface area contributed by atoms with Crippen molar-refractivity contribution in [3.05, 3.63) is 95.6 Å². The summed E-state index contributed by atoms with van der Waals surface area (Å²) in [4.78, 5) is 25.9. The Kier molecular flexibility index (Phi) is 6.97. The number of hydrogen-bond acceptors (Lipinski definition) is 5. The molecule has 2 amide bonds. The van der Waals surface area contributed by atoms with E-state index in [0.717, 1.165) is 10.4 Å². The number of nitrogens with one attached hydrogen (secondary N) is 2. The highest BCUT2D eigenvalue weighted by Crippen LogP contribution is 2.25. The smallest absolute Gasteiger partial charge is 0.258 e. The Balaban J connectivity index is 1.38. The Hall–Kier alpha value is -4.47. The second-order valence-corrected chi connectivity index (χ2v) is 7.35. The van der Waals surface area contributed by atoms with E-state index >= 15 is 0 Å². The molecule has 0 bridgehead atoms. The summed E-state index contributed by atoms with van der Waals surface area (Å²) in [6.07, 6.45) is 0.553. The summed E-state index contributed by atoms with van der Waals surface area (Å²) in [5.41, 5.74) is 1.65. The molecule has 0 fully saturated rings. The number of halogens is 2. The second-order valence-electron chi connectivity index (χ2n) is 7.35. The minimum atomic E-state index is -0.632. The van der Waals surface area contributed by atoms with Gasteiger partial charge in [0.15, 0.2) is 0 Å². The molecule has 0 spiro atoms. The summed E-state index contributed by atoms with van der Waals surface area (Å²) < 4.78 is 26.9. The van der Waals surface area contributed by atoms with E-state index in [2.05, 4.69) is 26.0 Å². The van der Waals surface area contributed by atoms with E-state index in [1.165, 1.54) is 30.3 Å². The molecule has 34 heavy (non-hydrogen) atoms. The highest BCUT2D eigenvalue weighted by molar-refractivity contribution is 6.06. The van der Waals surface area contributed by atoms with Crippen LogP contribution in [0.4, 0.5) is 14.5 Å². The number of tetrazole rings is 1. The Morgan fingerprint density at radius 1 is 0.912 bits per heavy atom. The highest BCUT2D eigenvalue weighted by Gasteiger charge is 2.16. The van der Waals surface area contributed by atoms with Gasteiger partial charge in [0.1, 0.15) is 18.2 Å². The van der Waals surface area contributed by atoms with Crippen molar-refractivity contribution in [2.75, 3.05) is 11.9 Å². The fourth-order valence-corrected chi connectivity index (χ4v) is 3.22. The molecule has 0 saturated carbocycles. The van der Waals surface area contributed by atoms with Crippen LogP contribution in [0, 0.1) is 11.6 Å². The molecule has 4 aromatic rings. The number of amides is 2. The lowest BCUT2D eigenvalue weighted by Crippen LogP contribution is -2.30. The van der Waals surface area contributed by atoms with Crippen LogP contribution >= 0.6 is 0 Å². The van der Waals surface area contributed by atoms with Gasteiger partial charge in [0, 0.05) is 12.1 Å². The molecule has 10 heteroatoms. The molecule has 172 valence electrons. The molecule has 0 aliphatic rings. The van der Waals surface area contributed by atoms with Crippen LogP contribution in [0.1, 0.15) is 15.9 Å². The van der Waals surface area contributed by atoms with E-state index in [1.54, 1.807) is 42.5 Å². The van der Waals surface area contributed by atoms with Gasteiger partial charge in [-0.15, -0.1) is 10.2 Å². The molecular formula is C24H20F2N6O2. The minimum Gasteiger partial charge on any atom is -0.354 e. The van der Waals surface area contributed by atoms with E-state index < -0.39 is 11.7 Å². The van der Waals surface area contributed by atoms with E-state index in [-0.39, 0.29) is 29.7 Å². The quantitative estimate of drug-likeness (QED) is 0.419. The summed E-state index contributed by atoms with van der Waals surface area (Å²) in [5, 5.41) is 17.5. The van der Waals surface area contributed by atoms with Crippen molar-refractivity contribution >= 4 is 17.5 Å². The molecular weight excluding hydrogens is 442 g/mol. The third kappa shape index (κ3) is 5.66. The van der Waals surface area contributed by atoms with Gasteiger partial charge in [-0.1, -0.05) is 36.4 Å². The van der Waals surface area contributed by atoms with Crippen molar-refractivity contribution in [3.8, 4) is 11.4 Å². The average Bonchev–Trinajstić information content (AvgIpc) is 3.29. The van der Waals surface area contributed by atoms with Gasteiger partial charge < -0.3 is 10.6 Å². The number of anilines is 1. The van der Waals surface area contributed by atoms with Crippen molar-refractivity contribution in [2.24, 2.45) is 0 Å². The number of benzene rings is 3. The van der Waals surface area contributed by atoms with Crippen LogP contribution < -0.4 is 10.6 Å². The Morgan fingerprint density at radius 3 is 2.44 bits per heavy atom. The zero-order valence-corrected chi connectivity index (χ0v) is 17.9. The normalized spacial score (nSPS) is 10.6. The first-order valence-electron chi connectivity index (χ1n) is 10.4. The van der Waals surface area contributed by atoms with Gasteiger partial charge in [-0.25, -0.2) is 8.78 Å². The Bertz CT molecular complexity index is 1310. The lowest BCUT2D eigenvalue weighted by Gasteiger charge is -2.09. The number of aromatic nitrogens is 4. The van der Waals surface area contributed by atoms with Crippen LogP contribution in [0.3, 0.4) is 0 Å². The number of para-hydroxylation sites is 1. The maximum absolute atomic E-state index is 13.9. The summed E-state index contributed by atoms with van der Waals surface area (Å²) in [7, 11) is 0. The summed E-state index contributed by atoms with van der Waals surface area (Å²) in [5.74, 6) is -1.67. The third-order valence-corrected chi connectivity index (χ3v) is 4.92. The van der Waals surface area contributed by atoms with Crippen LogP contribution in [-0.2, 0) is 17.8 Å². The second kappa shape index (κ2) is 10.4. The Morgan fingerprint density at radius 2 is 1.65 bits per heavy atom. The van der Waals surface area contributed by atoms with Gasteiger partial charge in [-0.3, -0.25) is 9.59 Å². The first-order chi connectivity index (χ1) is 16.5. The van der Waals surface area contributed by atoms with Crippen molar-refractivity contribution < 1.29 is 18.4 Å². The minimum absolute atomic E-state index is 0.0915. The largest absolute Gasteiger partial charge is 0.354 e. The molecule has 0 atom stereocenters. The molecule has 1 aromatic heterocycles. The van der Waals surface area contributed by atoms with E-state index in [1.807, 2.05) is 0 Å². The standard InChI is InChI=1S/C24H20F2N6O2/c25-17-11-9-16(10-12-17)13-14-27-22(33)15-32-30-23(29-31-32)19-6-2-4-8-21(19)28-24(34)18-5-1-3-7-20(18)26/h1-12H,13-15H2,(H,27,33)(H,28,34). The molecule has 0 aliphatic heterocycles. The molecule has 3 aromatic carbocycles. The van der Waals surface area contributed by atoms with Crippen molar-refractivity contribution in [1.29, 1.82) is 0 Å². The number of nitrogens with zero attached hydrogens (tertiary/aromatic N) is 4. The first kappa shape index (κ1) is 22.7. The first-order valence-corrected chi connectivity index (χ1v) is 10.4. The molecule has 0 saturated heterocycles. The SMILES string of the molecule is O=C(Cn1nnc(-c2ccccc2NC(=O)c2ccccc2F)n1)NCCc1ccc(F)cc1. The monoisotopic (exact) mass is 462 g/mol. The Labute approximate surface area is 193 Å². The van der Waals surface area contributed by atoms with Gasteiger partial charge in [-0.05, 0) is 53.6 Å². The molecule has 0 radical (unpaired) electrons. The molecule has 1 heterocycles. The third-order valence-electron chi connectivity index (χ3n) is 4.92. The van der Waals surface area contributed by atoms with Gasteiger partial charge in [0.05, 0.1) is 11.3 Å². The van der Waals surface area contributed by atoms with Crippen LogP contribution in [0.2, 0.25) is 0 Å². The van der Waals surface area contributed by atoms with Gasteiger partial charge in [-0.2, -0.15) is 4.80 Å². The summed E-state index contributed by atoms with van der Waals surface area (Å²) >= 11 is 0. The van der Waals surface area contributed by atoms with Crippen molar-refractivity contribution in [2.45, 2.75) is 13.0 Å². The van der Waals surface area contributed by atoms with Crippen LogP contribution in [0.15, 0.2) is 72.8 Å². The van der Waals surface area contributed by atoms with E-state index in [0.29, 0.717) is 24.2 Å². The summed E-state index contributed by atoms with van der Waals surface area (Å²) in [6, 6.07) is 18.5. The van der Waals surface area contributed by atoms with Crippen LogP contribution in [0.25, 0.3) is 11.4 Å². The fraction of sp³-hybridized carbons (Fsp3) is 0.125. The van der Waals surface area contributed by atoms with Crippen molar-refractivity contribution in [1.82, 2.24) is 25.5 Å². The molecule has 0 unspecified atom stereocenters. The highest BCUT2D eigenvalue weighted by atomic mass is 19.1. The fourth-order valence-electron chi connectivity index (χ4n) is 3.22.